The number of aromatic nitrogens is 2. The second-order valence-electron chi connectivity index (χ2n) is 7.65. The minimum atomic E-state index is -0.209. The van der Waals surface area contributed by atoms with E-state index in [1.165, 1.54) is 12.1 Å². The number of morpholine rings is 1. The number of hydrogen-bond donors (Lipinski definition) is 0. The molecule has 0 N–H and O–H groups in total. The third-order valence-electron chi connectivity index (χ3n) is 5.48. The van der Waals surface area contributed by atoms with Crippen LogP contribution in [-0.4, -0.2) is 48.1 Å². The molecule has 0 bridgehead atoms. The molecule has 0 unspecified atom stereocenters. The summed E-state index contributed by atoms with van der Waals surface area (Å²) >= 11 is 0. The molecule has 2 heterocycles. The molecule has 1 fully saturated rings. The van der Waals surface area contributed by atoms with E-state index in [-0.39, 0.29) is 11.9 Å². The van der Waals surface area contributed by atoms with Gasteiger partial charge in [-0.15, -0.1) is 0 Å². The third-order valence-corrected chi connectivity index (χ3v) is 5.48. The van der Waals surface area contributed by atoms with Crippen molar-refractivity contribution < 1.29 is 18.6 Å². The van der Waals surface area contributed by atoms with E-state index < -0.39 is 0 Å². The van der Waals surface area contributed by atoms with Crippen LogP contribution in [0.25, 0.3) is 0 Å². The predicted octanol–water partition coefficient (Wildman–Crippen LogP) is 3.76. The summed E-state index contributed by atoms with van der Waals surface area (Å²) in [7, 11) is 3.58. The highest BCUT2D eigenvalue weighted by molar-refractivity contribution is 5.39. The summed E-state index contributed by atoms with van der Waals surface area (Å²) in [5, 5.41) is 4.68. The van der Waals surface area contributed by atoms with Gasteiger partial charge < -0.3 is 14.2 Å². The summed E-state index contributed by atoms with van der Waals surface area (Å²) in [6, 6.07) is 16.4. The number of hydrogen-bond acceptors (Lipinski definition) is 5. The summed E-state index contributed by atoms with van der Waals surface area (Å²) in [5.74, 6) is 1.25. The molecule has 1 saturated heterocycles. The van der Waals surface area contributed by atoms with Crippen molar-refractivity contribution in [1.82, 2.24) is 14.7 Å². The average Bonchev–Trinajstić information content (AvgIpc) is 3.16. The number of para-hydroxylation sites is 2. The molecule has 7 heteroatoms. The van der Waals surface area contributed by atoms with Gasteiger partial charge in [-0.2, -0.15) is 5.10 Å². The zero-order chi connectivity index (χ0) is 21.6. The predicted molar refractivity (Wildman–Crippen MR) is 116 cm³/mol. The summed E-state index contributed by atoms with van der Waals surface area (Å²) < 4.78 is 32.3. The zero-order valence-electron chi connectivity index (χ0n) is 18.0. The molecule has 3 aromatic rings. The Morgan fingerprint density at radius 1 is 1.13 bits per heavy atom. The number of benzene rings is 2. The molecular formula is C24H28FN3O3. The van der Waals surface area contributed by atoms with E-state index in [2.05, 4.69) is 16.1 Å². The summed E-state index contributed by atoms with van der Waals surface area (Å²) in [5.41, 5.74) is 3.11. The maximum Gasteiger partial charge on any atom is 0.161 e. The fraction of sp³-hybridized carbons (Fsp3) is 0.375. The first-order chi connectivity index (χ1) is 15.1. The number of methoxy groups -OCH3 is 1. The molecule has 0 radical (unpaired) electrons. The number of halogens is 1. The normalized spacial score (nSPS) is 16.9. The quantitative estimate of drug-likeness (QED) is 0.550. The largest absolute Gasteiger partial charge is 0.493 e. The van der Waals surface area contributed by atoms with Gasteiger partial charge in [0.2, 0.25) is 0 Å². The lowest BCUT2D eigenvalue weighted by Crippen LogP contribution is -2.38. The minimum absolute atomic E-state index is 0.0794. The third kappa shape index (κ3) is 5.42. The molecule has 164 valence electrons. The first-order valence-corrected chi connectivity index (χ1v) is 10.5. The van der Waals surface area contributed by atoms with Gasteiger partial charge in [0.25, 0.3) is 0 Å². The van der Waals surface area contributed by atoms with Crippen molar-refractivity contribution in [2.24, 2.45) is 7.05 Å². The van der Waals surface area contributed by atoms with Crippen molar-refractivity contribution in [2.75, 3.05) is 33.4 Å². The highest BCUT2D eigenvalue weighted by Crippen LogP contribution is 2.26. The molecule has 0 aliphatic carbocycles. The lowest BCUT2D eigenvalue weighted by atomic mass is 10.1. The molecule has 1 aliphatic heterocycles. The maximum absolute atomic E-state index is 13.2. The summed E-state index contributed by atoms with van der Waals surface area (Å²) in [6.45, 7) is 3.55. The molecule has 0 spiro atoms. The summed E-state index contributed by atoms with van der Waals surface area (Å²) in [4.78, 5) is 2.32. The number of ether oxygens (including phenoxy) is 3. The van der Waals surface area contributed by atoms with Gasteiger partial charge in [-0.1, -0.05) is 24.3 Å². The van der Waals surface area contributed by atoms with E-state index >= 15 is 0 Å². The van der Waals surface area contributed by atoms with Gasteiger partial charge in [-0.3, -0.25) is 9.58 Å². The van der Waals surface area contributed by atoms with Crippen LogP contribution in [0, 0.1) is 5.82 Å². The SMILES string of the molecule is COc1ccccc1OCCc1cc([C@H]2CN(Cc3ccc(F)cc3)CCO2)nn1C. The molecule has 1 aromatic heterocycles. The van der Waals surface area contributed by atoms with Gasteiger partial charge in [0.1, 0.15) is 11.9 Å². The Morgan fingerprint density at radius 3 is 2.68 bits per heavy atom. The average molecular weight is 426 g/mol. The van der Waals surface area contributed by atoms with Crippen molar-refractivity contribution in [1.29, 1.82) is 0 Å². The van der Waals surface area contributed by atoms with E-state index in [1.54, 1.807) is 7.11 Å². The van der Waals surface area contributed by atoms with Crippen LogP contribution in [0.2, 0.25) is 0 Å². The van der Waals surface area contributed by atoms with Gasteiger partial charge >= 0.3 is 0 Å². The van der Waals surface area contributed by atoms with Crippen LogP contribution in [0.4, 0.5) is 4.39 Å². The number of rotatable bonds is 8. The van der Waals surface area contributed by atoms with Crippen LogP contribution in [0.15, 0.2) is 54.6 Å². The van der Waals surface area contributed by atoms with Crippen LogP contribution in [0.1, 0.15) is 23.1 Å². The van der Waals surface area contributed by atoms with E-state index in [0.717, 1.165) is 54.5 Å². The Morgan fingerprint density at radius 2 is 1.90 bits per heavy atom. The first-order valence-electron chi connectivity index (χ1n) is 10.5. The highest BCUT2D eigenvalue weighted by atomic mass is 19.1. The molecule has 1 atom stereocenters. The fourth-order valence-electron chi connectivity index (χ4n) is 3.80. The van der Waals surface area contributed by atoms with Crippen molar-refractivity contribution >= 4 is 0 Å². The van der Waals surface area contributed by atoms with Gasteiger partial charge in [-0.25, -0.2) is 4.39 Å². The van der Waals surface area contributed by atoms with Crippen LogP contribution < -0.4 is 9.47 Å². The lowest BCUT2D eigenvalue weighted by Gasteiger charge is -2.32. The van der Waals surface area contributed by atoms with E-state index in [4.69, 9.17) is 14.2 Å². The minimum Gasteiger partial charge on any atom is -0.493 e. The number of nitrogens with zero attached hydrogens (tertiary/aromatic N) is 3. The molecule has 31 heavy (non-hydrogen) atoms. The molecular weight excluding hydrogens is 397 g/mol. The highest BCUT2D eigenvalue weighted by Gasteiger charge is 2.25. The second kappa shape index (κ2) is 9.94. The number of aryl methyl sites for hydroxylation is 1. The summed E-state index contributed by atoms with van der Waals surface area (Å²) in [6.07, 6.45) is 0.650. The van der Waals surface area contributed by atoms with Gasteiger partial charge in [0.15, 0.2) is 11.5 Å². The van der Waals surface area contributed by atoms with Crippen LogP contribution in [0.5, 0.6) is 11.5 Å². The maximum atomic E-state index is 13.2. The van der Waals surface area contributed by atoms with E-state index in [0.29, 0.717) is 13.2 Å². The van der Waals surface area contributed by atoms with Crippen LogP contribution >= 0.6 is 0 Å². The Bertz CT molecular complexity index is 990. The van der Waals surface area contributed by atoms with Crippen LogP contribution in [0.3, 0.4) is 0 Å². The van der Waals surface area contributed by atoms with Gasteiger partial charge in [0, 0.05) is 38.8 Å². The van der Waals surface area contributed by atoms with E-state index in [9.17, 15) is 4.39 Å². The van der Waals surface area contributed by atoms with Crippen molar-refractivity contribution in [3.8, 4) is 11.5 Å². The molecule has 1 aliphatic rings. The fourth-order valence-corrected chi connectivity index (χ4v) is 3.80. The van der Waals surface area contributed by atoms with Crippen LogP contribution in [-0.2, 0) is 24.8 Å². The topological polar surface area (TPSA) is 48.8 Å². The molecule has 0 amide bonds. The Labute approximate surface area is 182 Å². The molecule has 2 aromatic carbocycles. The standard InChI is InChI=1S/C24H28FN3O3/c1-27-20(11-13-30-23-6-4-3-5-22(23)29-2)15-21(26-27)24-17-28(12-14-31-24)16-18-7-9-19(25)10-8-18/h3-10,15,24H,11-14,16-17H2,1-2H3/t24-/m1/s1. The first kappa shape index (κ1) is 21.3. The Kier molecular flexibility index (Phi) is 6.84. The Balaban J connectivity index is 1.34. The molecule has 6 nitrogen and oxygen atoms in total. The van der Waals surface area contributed by atoms with Crippen molar-refractivity contribution in [3.05, 3.63) is 77.4 Å². The van der Waals surface area contributed by atoms with E-state index in [1.807, 2.05) is 48.1 Å². The van der Waals surface area contributed by atoms with Gasteiger partial charge in [-0.05, 0) is 35.9 Å². The molecule has 4 rings (SSSR count). The molecule has 0 saturated carbocycles. The van der Waals surface area contributed by atoms with Crippen molar-refractivity contribution in [2.45, 2.75) is 19.1 Å². The van der Waals surface area contributed by atoms with Gasteiger partial charge in [0.05, 0.1) is 26.0 Å². The smallest absolute Gasteiger partial charge is 0.161 e. The zero-order valence-corrected chi connectivity index (χ0v) is 18.0. The lowest BCUT2D eigenvalue weighted by molar-refractivity contribution is -0.0352. The monoisotopic (exact) mass is 425 g/mol. The van der Waals surface area contributed by atoms with Crippen molar-refractivity contribution in [3.63, 3.8) is 0 Å². The Hall–Kier alpha value is -2.90. The second-order valence-corrected chi connectivity index (χ2v) is 7.65.